The van der Waals surface area contributed by atoms with Gasteiger partial charge >= 0.3 is 6.36 Å². The average molecular weight is 574 g/mol. The van der Waals surface area contributed by atoms with Crippen molar-refractivity contribution in [3.63, 3.8) is 0 Å². The number of hydrogen-bond acceptors (Lipinski definition) is 7. The smallest absolute Gasteiger partial charge is 0.496 e. The van der Waals surface area contributed by atoms with Gasteiger partial charge in [0.2, 0.25) is 0 Å². The third kappa shape index (κ3) is 6.36. The zero-order valence-electron chi connectivity index (χ0n) is 22.1. The Morgan fingerprint density at radius 3 is 2.20 bits per heavy atom. The van der Waals surface area contributed by atoms with Gasteiger partial charge in [-0.1, -0.05) is 24.4 Å². The van der Waals surface area contributed by atoms with Gasteiger partial charge in [0, 0.05) is 30.1 Å². The van der Waals surface area contributed by atoms with Crippen molar-refractivity contribution in [2.75, 3.05) is 26.1 Å². The summed E-state index contributed by atoms with van der Waals surface area (Å²) in [4.78, 5) is 3.77. The largest absolute Gasteiger partial charge is 0.573 e. The molecule has 0 saturated carbocycles. The number of halogens is 3. The molecule has 0 saturated heterocycles. The zero-order chi connectivity index (χ0) is 29.1. The Morgan fingerprint density at radius 1 is 0.850 bits per heavy atom. The maximum atomic E-state index is 13.1. The molecular formula is C27H26BF3N2O6S. The normalized spacial score (nSPS) is 11.7. The van der Waals surface area contributed by atoms with Gasteiger partial charge in [0.05, 0.1) is 32.5 Å². The summed E-state index contributed by atoms with van der Waals surface area (Å²) in [6, 6.07) is 13.7. The predicted molar refractivity (Wildman–Crippen MR) is 147 cm³/mol. The first-order valence-corrected chi connectivity index (χ1v) is 13.5. The van der Waals surface area contributed by atoms with Crippen LogP contribution in [0, 0.1) is 0 Å². The number of nitrogens with one attached hydrogen (secondary N) is 1. The van der Waals surface area contributed by atoms with E-state index in [2.05, 4.69) is 14.4 Å². The first kappa shape index (κ1) is 28.9. The number of pyridine rings is 1. The first-order chi connectivity index (χ1) is 19.0. The van der Waals surface area contributed by atoms with E-state index >= 15 is 0 Å². The minimum Gasteiger partial charge on any atom is -0.496 e. The Morgan fingerprint density at radius 2 is 1.55 bits per heavy atom. The van der Waals surface area contributed by atoms with Gasteiger partial charge in [0.25, 0.3) is 10.0 Å². The van der Waals surface area contributed by atoms with Gasteiger partial charge in [-0.2, -0.15) is 0 Å². The molecule has 0 radical (unpaired) electrons. The number of aromatic nitrogens is 1. The molecule has 0 bridgehead atoms. The Balaban J connectivity index is 1.66. The molecule has 0 spiro atoms. The molecular weight excluding hydrogens is 548 g/mol. The maximum absolute atomic E-state index is 13.1. The van der Waals surface area contributed by atoms with Crippen LogP contribution in [-0.2, 0) is 16.4 Å². The lowest BCUT2D eigenvalue weighted by atomic mass is 9.73. The Labute approximate surface area is 230 Å². The van der Waals surface area contributed by atoms with Crippen LogP contribution >= 0.6 is 0 Å². The summed E-state index contributed by atoms with van der Waals surface area (Å²) in [6.07, 6.45) is -2.98. The summed E-state index contributed by atoms with van der Waals surface area (Å²) in [5.41, 5.74) is 2.93. The van der Waals surface area contributed by atoms with Crippen LogP contribution in [0.3, 0.4) is 0 Å². The molecule has 8 nitrogen and oxygen atoms in total. The van der Waals surface area contributed by atoms with Crippen molar-refractivity contribution in [2.24, 2.45) is 0 Å². The summed E-state index contributed by atoms with van der Waals surface area (Å²) in [5, 5.41) is 0.833. The number of rotatable bonds is 10. The van der Waals surface area contributed by atoms with Crippen LogP contribution in [0.1, 0.15) is 11.1 Å². The van der Waals surface area contributed by atoms with Crippen molar-refractivity contribution in [3.8, 4) is 23.0 Å². The average Bonchev–Trinajstić information content (AvgIpc) is 2.91. The van der Waals surface area contributed by atoms with Gasteiger partial charge in [-0.3, -0.25) is 9.71 Å². The van der Waals surface area contributed by atoms with Crippen LogP contribution < -0.4 is 29.1 Å². The van der Waals surface area contributed by atoms with Crippen molar-refractivity contribution < 1.29 is 40.5 Å². The number of fused-ring (bicyclic) bond motifs is 1. The maximum Gasteiger partial charge on any atom is 0.573 e. The molecule has 40 heavy (non-hydrogen) atoms. The van der Waals surface area contributed by atoms with Crippen molar-refractivity contribution >= 4 is 39.4 Å². The summed E-state index contributed by atoms with van der Waals surface area (Å²) < 4.78 is 87.9. The van der Waals surface area contributed by atoms with Crippen LogP contribution in [0.2, 0.25) is 6.82 Å². The van der Waals surface area contributed by atoms with Crippen LogP contribution in [-0.4, -0.2) is 48.4 Å². The van der Waals surface area contributed by atoms with Crippen LogP contribution in [0.25, 0.3) is 10.9 Å². The molecule has 1 N–H and O–H groups in total. The Bertz CT molecular complexity index is 1650. The molecule has 0 atom stereocenters. The number of methoxy groups -OCH3 is 3. The van der Waals surface area contributed by atoms with E-state index in [1.807, 2.05) is 12.1 Å². The van der Waals surface area contributed by atoms with E-state index in [1.165, 1.54) is 25.3 Å². The molecule has 3 aromatic carbocycles. The number of nitrogens with zero attached hydrogens (tertiary/aromatic N) is 1. The highest BCUT2D eigenvalue weighted by atomic mass is 32.2. The van der Waals surface area contributed by atoms with Gasteiger partial charge in [0.15, 0.2) is 18.8 Å². The van der Waals surface area contributed by atoms with Crippen molar-refractivity contribution in [3.05, 3.63) is 71.9 Å². The summed E-state index contributed by atoms with van der Waals surface area (Å²) in [5.74, 6) is 0.655. The summed E-state index contributed by atoms with van der Waals surface area (Å²) >= 11 is 0. The van der Waals surface area contributed by atoms with E-state index in [9.17, 15) is 21.6 Å². The minimum atomic E-state index is -5.06. The molecule has 1 heterocycles. The molecule has 0 fully saturated rings. The monoisotopic (exact) mass is 574 g/mol. The molecule has 4 aromatic rings. The van der Waals surface area contributed by atoms with Crippen molar-refractivity contribution in [1.82, 2.24) is 4.98 Å². The Hall–Kier alpha value is -4.13. The molecule has 0 unspecified atom stereocenters. The van der Waals surface area contributed by atoms with Crippen LogP contribution in [0.15, 0.2) is 65.7 Å². The number of hydrogen-bond donors (Lipinski definition) is 1. The fourth-order valence-electron chi connectivity index (χ4n) is 4.25. The molecule has 0 aliphatic carbocycles. The Kier molecular flexibility index (Phi) is 8.33. The molecule has 0 amide bonds. The van der Waals surface area contributed by atoms with E-state index in [1.54, 1.807) is 39.4 Å². The van der Waals surface area contributed by atoms with E-state index in [0.29, 0.717) is 41.9 Å². The fraction of sp³-hybridized carbons (Fsp3) is 0.222. The third-order valence-electron chi connectivity index (χ3n) is 6.19. The number of sulfonamides is 1. The highest BCUT2D eigenvalue weighted by Crippen LogP contribution is 2.35. The highest BCUT2D eigenvalue weighted by molar-refractivity contribution is 7.92. The second-order valence-electron chi connectivity index (χ2n) is 8.69. The number of alkyl halides is 3. The van der Waals surface area contributed by atoms with Gasteiger partial charge in [0.1, 0.15) is 16.4 Å². The lowest BCUT2D eigenvalue weighted by Crippen LogP contribution is -2.23. The summed E-state index contributed by atoms with van der Waals surface area (Å²) in [6.45, 7) is 1.73. The second-order valence-corrected chi connectivity index (χ2v) is 10.3. The molecule has 13 heteroatoms. The third-order valence-corrected chi connectivity index (χ3v) is 7.61. The predicted octanol–water partition coefficient (Wildman–Crippen LogP) is 4.66. The number of ether oxygens (including phenoxy) is 4. The fourth-order valence-corrected chi connectivity index (χ4v) is 5.41. The van der Waals surface area contributed by atoms with Crippen molar-refractivity contribution in [2.45, 2.75) is 24.5 Å². The van der Waals surface area contributed by atoms with Gasteiger partial charge in [-0.25, -0.2) is 8.42 Å². The van der Waals surface area contributed by atoms with Crippen molar-refractivity contribution in [1.29, 1.82) is 0 Å². The molecule has 4 rings (SSSR count). The van der Waals surface area contributed by atoms with Gasteiger partial charge < -0.3 is 18.9 Å². The minimum absolute atomic E-state index is 0.101. The zero-order valence-corrected chi connectivity index (χ0v) is 22.9. The molecule has 1 aromatic heterocycles. The lowest BCUT2D eigenvalue weighted by Gasteiger charge is -2.17. The number of benzene rings is 3. The quantitative estimate of drug-likeness (QED) is 0.276. The number of anilines is 1. The van der Waals surface area contributed by atoms with E-state index in [4.69, 9.17) is 14.2 Å². The van der Waals surface area contributed by atoms with E-state index in [-0.39, 0.29) is 5.69 Å². The standard InChI is InChI=1S/C27H26BF3N2O6S/c1-28-18-6-8-26(25(12-18)39-27(29,30)31)40(34,35)33-19-7-5-17(22(13-19)36-2)11-16-9-10-32-21-15-24(38-4)23(37-3)14-20(16)21/h5-10,12-15,28,33H,11H2,1-4H3. The molecule has 0 aliphatic heterocycles. The lowest BCUT2D eigenvalue weighted by molar-refractivity contribution is -0.275. The van der Waals surface area contributed by atoms with Crippen LogP contribution in [0.4, 0.5) is 18.9 Å². The SMILES string of the molecule is CBc1ccc(S(=O)(=O)Nc2ccc(Cc3ccnc4cc(OC)c(OC)cc34)c(OC)c2)c(OC(F)(F)F)c1. The molecule has 210 valence electrons. The van der Waals surface area contributed by atoms with Gasteiger partial charge in [-0.15, -0.1) is 13.2 Å². The summed E-state index contributed by atoms with van der Waals surface area (Å²) in [7, 11) is 0.470. The topological polar surface area (TPSA) is 96.0 Å². The highest BCUT2D eigenvalue weighted by Gasteiger charge is 2.34. The van der Waals surface area contributed by atoms with Crippen LogP contribution in [0.5, 0.6) is 23.0 Å². The van der Waals surface area contributed by atoms with E-state index in [0.717, 1.165) is 28.6 Å². The second kappa shape index (κ2) is 11.5. The van der Waals surface area contributed by atoms with Gasteiger partial charge in [-0.05, 0) is 41.5 Å². The first-order valence-electron chi connectivity index (χ1n) is 12.1. The molecule has 0 aliphatic rings. The van der Waals surface area contributed by atoms with E-state index < -0.39 is 27.0 Å².